The molecule has 1 fully saturated rings. The lowest BCUT2D eigenvalue weighted by atomic mass is 9.95. The van der Waals surface area contributed by atoms with E-state index in [1.165, 1.54) is 18.6 Å². The molecule has 4 heterocycles. The van der Waals surface area contributed by atoms with Crippen LogP contribution in [0.25, 0.3) is 11.3 Å². The molecule has 7 nitrogen and oxygen atoms in total. The Morgan fingerprint density at radius 1 is 1.19 bits per heavy atom. The van der Waals surface area contributed by atoms with Crippen LogP contribution >= 0.6 is 11.6 Å². The molecule has 1 atom stereocenters. The van der Waals surface area contributed by atoms with Crippen molar-refractivity contribution in [3.05, 3.63) is 52.0 Å². The number of amides is 1. The Morgan fingerprint density at radius 2 is 2.06 bits per heavy atom. The zero-order valence-electron chi connectivity index (χ0n) is 18.0. The molecule has 168 valence electrons. The molecule has 2 aliphatic rings. The standard InChI is InChI=1S/C23H25ClFN5O2/c1-14-19(21(28-32-14)20-16(24)8-5-9-17(20)25)23(31)29-11-6-7-15(13-29)22-27-26-18-10-3-2-4-12-30(18)22/h5,8-9,15H,2-4,6-7,10-13H2,1H3. The highest BCUT2D eigenvalue weighted by molar-refractivity contribution is 6.33. The number of halogens is 2. The Balaban J connectivity index is 1.44. The van der Waals surface area contributed by atoms with Crippen LogP contribution in [0.2, 0.25) is 5.02 Å². The van der Waals surface area contributed by atoms with Gasteiger partial charge in [-0.25, -0.2) is 4.39 Å². The molecule has 32 heavy (non-hydrogen) atoms. The summed E-state index contributed by atoms with van der Waals surface area (Å²) in [7, 11) is 0. The molecule has 1 amide bonds. The van der Waals surface area contributed by atoms with Gasteiger partial charge in [-0.2, -0.15) is 0 Å². The summed E-state index contributed by atoms with van der Waals surface area (Å²) >= 11 is 6.24. The maximum Gasteiger partial charge on any atom is 0.259 e. The summed E-state index contributed by atoms with van der Waals surface area (Å²) in [5.41, 5.74) is 0.498. The van der Waals surface area contributed by atoms with Crippen molar-refractivity contribution in [2.24, 2.45) is 0 Å². The van der Waals surface area contributed by atoms with Gasteiger partial charge in [-0.15, -0.1) is 10.2 Å². The number of fused-ring (bicyclic) bond motifs is 1. The summed E-state index contributed by atoms with van der Waals surface area (Å²) in [4.78, 5) is 15.4. The second-order valence-electron chi connectivity index (χ2n) is 8.59. The van der Waals surface area contributed by atoms with E-state index in [1.807, 2.05) is 0 Å². The van der Waals surface area contributed by atoms with Crippen LogP contribution in [0, 0.1) is 12.7 Å². The Kier molecular flexibility index (Phi) is 5.71. The molecule has 0 aliphatic carbocycles. The van der Waals surface area contributed by atoms with Crippen LogP contribution in [-0.4, -0.2) is 43.8 Å². The van der Waals surface area contributed by atoms with E-state index in [1.54, 1.807) is 17.9 Å². The molecule has 0 bridgehead atoms. The minimum absolute atomic E-state index is 0.0886. The van der Waals surface area contributed by atoms with Gasteiger partial charge in [0.15, 0.2) is 0 Å². The van der Waals surface area contributed by atoms with Crippen LogP contribution < -0.4 is 0 Å². The zero-order valence-corrected chi connectivity index (χ0v) is 18.7. The fourth-order valence-corrected chi connectivity index (χ4v) is 5.11. The fraction of sp³-hybridized carbons (Fsp3) is 0.478. The minimum atomic E-state index is -0.539. The third-order valence-corrected chi connectivity index (χ3v) is 6.80. The van der Waals surface area contributed by atoms with Gasteiger partial charge in [0.2, 0.25) is 0 Å². The van der Waals surface area contributed by atoms with Gasteiger partial charge in [0.25, 0.3) is 5.91 Å². The van der Waals surface area contributed by atoms with Crippen LogP contribution in [0.3, 0.4) is 0 Å². The number of benzene rings is 1. The number of likely N-dealkylation sites (tertiary alicyclic amines) is 1. The maximum atomic E-state index is 14.6. The lowest BCUT2D eigenvalue weighted by molar-refractivity contribution is 0.0702. The molecule has 2 aromatic heterocycles. The number of aromatic nitrogens is 4. The third kappa shape index (κ3) is 3.70. The van der Waals surface area contributed by atoms with Crippen LogP contribution in [0.15, 0.2) is 22.7 Å². The largest absolute Gasteiger partial charge is 0.360 e. The molecule has 0 spiro atoms. The monoisotopic (exact) mass is 457 g/mol. The number of hydrogen-bond donors (Lipinski definition) is 0. The number of carbonyl (C=O) groups is 1. The number of aryl methyl sites for hydroxylation is 2. The van der Waals surface area contributed by atoms with E-state index in [2.05, 4.69) is 19.9 Å². The van der Waals surface area contributed by atoms with E-state index < -0.39 is 5.82 Å². The van der Waals surface area contributed by atoms with E-state index in [4.69, 9.17) is 16.1 Å². The van der Waals surface area contributed by atoms with Crippen molar-refractivity contribution in [1.82, 2.24) is 24.8 Å². The van der Waals surface area contributed by atoms with E-state index in [-0.39, 0.29) is 33.7 Å². The average molecular weight is 458 g/mol. The van der Waals surface area contributed by atoms with Crippen molar-refractivity contribution >= 4 is 17.5 Å². The summed E-state index contributed by atoms with van der Waals surface area (Å²) in [6, 6.07) is 4.39. The van der Waals surface area contributed by atoms with E-state index in [0.717, 1.165) is 50.3 Å². The molecule has 9 heteroatoms. The first-order chi connectivity index (χ1) is 15.5. The number of rotatable bonds is 3. The first-order valence-electron chi connectivity index (χ1n) is 11.2. The van der Waals surface area contributed by atoms with Crippen molar-refractivity contribution in [2.75, 3.05) is 13.1 Å². The van der Waals surface area contributed by atoms with Crippen LogP contribution in [-0.2, 0) is 13.0 Å². The predicted molar refractivity (Wildman–Crippen MR) is 117 cm³/mol. The highest BCUT2D eigenvalue weighted by Crippen LogP contribution is 2.35. The Hall–Kier alpha value is -2.74. The summed E-state index contributed by atoms with van der Waals surface area (Å²) < 4.78 is 22.1. The van der Waals surface area contributed by atoms with Crippen molar-refractivity contribution in [2.45, 2.75) is 57.9 Å². The molecular weight excluding hydrogens is 433 g/mol. The quantitative estimate of drug-likeness (QED) is 0.565. The summed E-state index contributed by atoms with van der Waals surface area (Å²) in [5, 5.41) is 13.1. The average Bonchev–Trinajstić information content (AvgIpc) is 3.28. The van der Waals surface area contributed by atoms with Gasteiger partial charge >= 0.3 is 0 Å². The Labute approximate surface area is 190 Å². The fourth-order valence-electron chi connectivity index (χ4n) is 4.86. The Bertz CT molecular complexity index is 1140. The number of carbonyl (C=O) groups excluding carboxylic acids is 1. The minimum Gasteiger partial charge on any atom is -0.360 e. The van der Waals surface area contributed by atoms with Crippen LogP contribution in [0.5, 0.6) is 0 Å². The summed E-state index contributed by atoms with van der Waals surface area (Å²) in [5.74, 6) is 1.72. The summed E-state index contributed by atoms with van der Waals surface area (Å²) in [6.07, 6.45) is 6.23. The van der Waals surface area contributed by atoms with Gasteiger partial charge in [-0.3, -0.25) is 4.79 Å². The number of nitrogens with zero attached hydrogens (tertiary/aromatic N) is 5. The van der Waals surface area contributed by atoms with Crippen molar-refractivity contribution in [3.63, 3.8) is 0 Å². The molecule has 5 rings (SSSR count). The topological polar surface area (TPSA) is 77.1 Å². The van der Waals surface area contributed by atoms with E-state index in [0.29, 0.717) is 18.8 Å². The first-order valence-corrected chi connectivity index (χ1v) is 11.5. The molecule has 0 saturated carbocycles. The van der Waals surface area contributed by atoms with Gasteiger partial charge in [0.05, 0.1) is 10.6 Å². The molecule has 0 radical (unpaired) electrons. The highest BCUT2D eigenvalue weighted by Gasteiger charge is 2.33. The molecule has 1 saturated heterocycles. The molecule has 3 aromatic rings. The van der Waals surface area contributed by atoms with Crippen LogP contribution in [0.1, 0.15) is 65.8 Å². The third-order valence-electron chi connectivity index (χ3n) is 6.49. The normalized spacial score (nSPS) is 19.0. The van der Waals surface area contributed by atoms with Crippen molar-refractivity contribution in [3.8, 4) is 11.3 Å². The van der Waals surface area contributed by atoms with Crippen molar-refractivity contribution in [1.29, 1.82) is 0 Å². The van der Waals surface area contributed by atoms with E-state index in [9.17, 15) is 9.18 Å². The molecule has 1 aromatic carbocycles. The highest BCUT2D eigenvalue weighted by atomic mass is 35.5. The molecule has 0 N–H and O–H groups in total. The summed E-state index contributed by atoms with van der Waals surface area (Å²) in [6.45, 7) is 3.75. The molecule has 1 unspecified atom stereocenters. The van der Waals surface area contributed by atoms with E-state index >= 15 is 0 Å². The maximum absolute atomic E-state index is 14.6. The van der Waals surface area contributed by atoms with Crippen molar-refractivity contribution < 1.29 is 13.7 Å². The first kappa shape index (κ1) is 21.1. The van der Waals surface area contributed by atoms with Gasteiger partial charge in [0.1, 0.15) is 34.5 Å². The lowest BCUT2D eigenvalue weighted by Crippen LogP contribution is -2.40. The SMILES string of the molecule is Cc1onc(-c2c(F)cccc2Cl)c1C(=O)N1CCCC(c2nnc3n2CCCCC3)C1. The van der Waals surface area contributed by atoms with Gasteiger partial charge in [-0.05, 0) is 44.7 Å². The van der Waals surface area contributed by atoms with Gasteiger partial charge in [-0.1, -0.05) is 29.2 Å². The Morgan fingerprint density at radius 3 is 2.91 bits per heavy atom. The second kappa shape index (κ2) is 8.65. The van der Waals surface area contributed by atoms with Gasteiger partial charge < -0.3 is 14.0 Å². The lowest BCUT2D eigenvalue weighted by Gasteiger charge is -2.32. The van der Waals surface area contributed by atoms with Gasteiger partial charge in [0, 0.05) is 32.0 Å². The smallest absolute Gasteiger partial charge is 0.259 e. The second-order valence-corrected chi connectivity index (χ2v) is 8.99. The zero-order chi connectivity index (χ0) is 22.2. The number of hydrogen-bond acceptors (Lipinski definition) is 5. The number of piperidine rings is 1. The molecule has 2 aliphatic heterocycles. The predicted octanol–water partition coefficient (Wildman–Crippen LogP) is 4.78. The molecular formula is C23H25ClFN5O2. The van der Waals surface area contributed by atoms with Crippen LogP contribution in [0.4, 0.5) is 4.39 Å².